The number of aryl methyl sites for hydroxylation is 1. The van der Waals surface area contributed by atoms with Crippen LogP contribution in [-0.4, -0.2) is 23.5 Å². The molecule has 4 aromatic rings. The van der Waals surface area contributed by atoms with E-state index in [9.17, 15) is 0 Å². The molecule has 0 bridgehead atoms. The highest BCUT2D eigenvalue weighted by Gasteiger charge is 2.09. The molecular weight excluding hydrogens is 308 g/mol. The van der Waals surface area contributed by atoms with Crippen molar-refractivity contribution in [3.63, 3.8) is 0 Å². The van der Waals surface area contributed by atoms with Crippen molar-refractivity contribution in [1.82, 2.24) is 23.5 Å². The Morgan fingerprint density at radius 1 is 1.04 bits per heavy atom. The molecule has 114 valence electrons. The van der Waals surface area contributed by atoms with Crippen LogP contribution in [0.2, 0.25) is 0 Å². The molecule has 0 fully saturated rings. The molecule has 2 aromatic heterocycles. The van der Waals surface area contributed by atoms with Gasteiger partial charge < -0.3 is 5.32 Å². The molecule has 2 aromatic carbocycles. The van der Waals surface area contributed by atoms with Gasteiger partial charge in [0, 0.05) is 18.3 Å². The zero-order valence-electron chi connectivity index (χ0n) is 12.5. The van der Waals surface area contributed by atoms with Crippen molar-refractivity contribution >= 4 is 28.4 Å². The summed E-state index contributed by atoms with van der Waals surface area (Å²) in [4.78, 5) is 4.61. The summed E-state index contributed by atoms with van der Waals surface area (Å²) in [5.41, 5.74) is 3.84. The van der Waals surface area contributed by atoms with E-state index >= 15 is 0 Å². The van der Waals surface area contributed by atoms with Crippen LogP contribution in [0.4, 0.5) is 5.69 Å². The van der Waals surface area contributed by atoms with Crippen LogP contribution in [0.5, 0.6) is 0 Å². The van der Waals surface area contributed by atoms with Crippen molar-refractivity contribution in [2.45, 2.75) is 6.54 Å². The second-order valence-corrected chi connectivity index (χ2v) is 5.69. The highest BCUT2D eigenvalue weighted by molar-refractivity contribution is 7.00. The second-order valence-electron chi connectivity index (χ2n) is 5.16. The fraction of sp³-hybridized carbons (Fsp3) is 0.125. The summed E-state index contributed by atoms with van der Waals surface area (Å²) >= 11 is 1.23. The lowest BCUT2D eigenvalue weighted by Gasteiger charge is -2.05. The van der Waals surface area contributed by atoms with Gasteiger partial charge in [-0.25, -0.2) is 4.98 Å². The van der Waals surface area contributed by atoms with E-state index < -0.39 is 0 Å². The highest BCUT2D eigenvalue weighted by atomic mass is 32.1. The van der Waals surface area contributed by atoms with E-state index in [-0.39, 0.29) is 0 Å². The van der Waals surface area contributed by atoms with E-state index in [0.717, 1.165) is 33.9 Å². The van der Waals surface area contributed by atoms with Crippen molar-refractivity contribution in [2.75, 3.05) is 5.32 Å². The van der Waals surface area contributed by atoms with Crippen LogP contribution in [0.25, 0.3) is 22.4 Å². The maximum atomic E-state index is 4.61. The third kappa shape index (κ3) is 2.78. The Balaban J connectivity index is 1.53. The molecule has 0 spiro atoms. The molecule has 0 atom stereocenters. The van der Waals surface area contributed by atoms with E-state index in [4.69, 9.17) is 0 Å². The van der Waals surface area contributed by atoms with E-state index in [1.807, 2.05) is 55.6 Å². The Bertz CT molecular complexity index is 944. The third-order valence-electron chi connectivity index (χ3n) is 3.59. The number of fused-ring (bicyclic) bond motifs is 1. The van der Waals surface area contributed by atoms with Crippen LogP contribution in [-0.2, 0) is 13.6 Å². The van der Waals surface area contributed by atoms with Crippen LogP contribution >= 0.6 is 11.7 Å². The first-order chi connectivity index (χ1) is 11.3. The van der Waals surface area contributed by atoms with Crippen LogP contribution < -0.4 is 5.32 Å². The first-order valence-corrected chi connectivity index (χ1v) is 7.94. The summed E-state index contributed by atoms with van der Waals surface area (Å²) < 4.78 is 10.3. The number of hydrogen-bond acceptors (Lipinski definition) is 6. The number of hydrogen-bond donors (Lipinski definition) is 1. The number of benzene rings is 2. The van der Waals surface area contributed by atoms with E-state index in [1.54, 1.807) is 4.68 Å². The minimum absolute atomic E-state index is 0.597. The Labute approximate surface area is 137 Å². The number of anilines is 1. The van der Waals surface area contributed by atoms with E-state index in [1.165, 1.54) is 11.7 Å². The van der Waals surface area contributed by atoms with Gasteiger partial charge in [-0.1, -0.05) is 30.3 Å². The first-order valence-electron chi connectivity index (χ1n) is 7.21. The minimum atomic E-state index is 0.597. The molecular formula is C16H14N6S. The molecule has 0 aliphatic carbocycles. The standard InChI is InChI=1S/C16H14N6S/c1-22-15(18-16(19-22)11-5-3-2-4-6-11)10-17-12-7-8-13-14(9-12)21-23-20-13/h2-9,17H,10H2,1H3. The summed E-state index contributed by atoms with van der Waals surface area (Å²) in [6, 6.07) is 15.9. The second kappa shape index (κ2) is 5.77. The van der Waals surface area contributed by atoms with Gasteiger partial charge in [0.25, 0.3) is 0 Å². The summed E-state index contributed by atoms with van der Waals surface area (Å²) in [5.74, 6) is 1.62. The first kappa shape index (κ1) is 13.8. The molecule has 0 amide bonds. The van der Waals surface area contributed by atoms with Gasteiger partial charge in [-0.05, 0) is 18.2 Å². The summed E-state index contributed by atoms with van der Waals surface area (Å²) in [5, 5.41) is 7.84. The van der Waals surface area contributed by atoms with Gasteiger partial charge in [-0.2, -0.15) is 13.8 Å². The van der Waals surface area contributed by atoms with Crippen LogP contribution in [0.3, 0.4) is 0 Å². The molecule has 7 heteroatoms. The average molecular weight is 322 g/mol. The topological polar surface area (TPSA) is 68.5 Å². The van der Waals surface area contributed by atoms with Crippen molar-refractivity contribution in [2.24, 2.45) is 7.05 Å². The van der Waals surface area contributed by atoms with Crippen LogP contribution in [0.15, 0.2) is 48.5 Å². The molecule has 0 radical (unpaired) electrons. The Kier molecular flexibility index (Phi) is 3.47. The lowest BCUT2D eigenvalue weighted by molar-refractivity contribution is 0.713. The van der Waals surface area contributed by atoms with Gasteiger partial charge in [-0.15, -0.1) is 0 Å². The SMILES string of the molecule is Cn1nc(-c2ccccc2)nc1CNc1ccc2nsnc2c1. The molecule has 2 heterocycles. The normalized spacial score (nSPS) is 11.0. The highest BCUT2D eigenvalue weighted by Crippen LogP contribution is 2.18. The maximum absolute atomic E-state index is 4.61. The van der Waals surface area contributed by atoms with Gasteiger partial charge in [0.05, 0.1) is 18.3 Å². The van der Waals surface area contributed by atoms with Gasteiger partial charge in [0.2, 0.25) is 0 Å². The molecule has 4 rings (SSSR count). The predicted molar refractivity (Wildman–Crippen MR) is 91.2 cm³/mol. The Morgan fingerprint density at radius 2 is 1.87 bits per heavy atom. The number of aromatic nitrogens is 5. The van der Waals surface area contributed by atoms with Gasteiger partial charge in [0.1, 0.15) is 16.9 Å². The fourth-order valence-corrected chi connectivity index (χ4v) is 2.87. The zero-order chi connectivity index (χ0) is 15.6. The zero-order valence-corrected chi connectivity index (χ0v) is 13.3. The Hall–Kier alpha value is -2.80. The average Bonchev–Trinajstić information content (AvgIpc) is 3.19. The van der Waals surface area contributed by atoms with E-state index in [0.29, 0.717) is 6.54 Å². The molecule has 0 aliphatic heterocycles. The van der Waals surface area contributed by atoms with Crippen molar-refractivity contribution in [3.05, 3.63) is 54.4 Å². The third-order valence-corrected chi connectivity index (χ3v) is 4.15. The summed E-state index contributed by atoms with van der Waals surface area (Å²) in [6.45, 7) is 0.597. The summed E-state index contributed by atoms with van der Waals surface area (Å²) in [7, 11) is 1.91. The lowest BCUT2D eigenvalue weighted by atomic mass is 10.2. The van der Waals surface area contributed by atoms with Crippen molar-refractivity contribution in [1.29, 1.82) is 0 Å². The van der Waals surface area contributed by atoms with Gasteiger partial charge >= 0.3 is 0 Å². The number of nitrogens with one attached hydrogen (secondary N) is 1. The molecule has 23 heavy (non-hydrogen) atoms. The van der Waals surface area contributed by atoms with Crippen LogP contribution in [0, 0.1) is 0 Å². The van der Waals surface area contributed by atoms with Gasteiger partial charge in [-0.3, -0.25) is 4.68 Å². The van der Waals surface area contributed by atoms with Crippen molar-refractivity contribution < 1.29 is 0 Å². The molecule has 1 N–H and O–H groups in total. The molecule has 0 saturated carbocycles. The maximum Gasteiger partial charge on any atom is 0.181 e. The monoisotopic (exact) mass is 322 g/mol. The smallest absolute Gasteiger partial charge is 0.181 e. The van der Waals surface area contributed by atoms with Gasteiger partial charge in [0.15, 0.2) is 5.82 Å². The molecule has 0 saturated heterocycles. The Morgan fingerprint density at radius 3 is 2.74 bits per heavy atom. The largest absolute Gasteiger partial charge is 0.378 e. The fourth-order valence-electron chi connectivity index (χ4n) is 2.35. The number of nitrogens with zero attached hydrogens (tertiary/aromatic N) is 5. The summed E-state index contributed by atoms with van der Waals surface area (Å²) in [6.07, 6.45) is 0. The van der Waals surface area contributed by atoms with E-state index in [2.05, 4.69) is 24.1 Å². The lowest BCUT2D eigenvalue weighted by Crippen LogP contribution is -2.06. The van der Waals surface area contributed by atoms with Crippen LogP contribution in [0.1, 0.15) is 5.82 Å². The molecule has 6 nitrogen and oxygen atoms in total. The molecule has 0 aliphatic rings. The number of rotatable bonds is 4. The molecule has 0 unspecified atom stereocenters. The minimum Gasteiger partial charge on any atom is -0.378 e. The quantitative estimate of drug-likeness (QED) is 0.625. The van der Waals surface area contributed by atoms with Crippen molar-refractivity contribution in [3.8, 4) is 11.4 Å². The predicted octanol–water partition coefficient (Wildman–Crippen LogP) is 3.10.